The van der Waals surface area contributed by atoms with E-state index in [-0.39, 0.29) is 17.8 Å². The third-order valence-electron chi connectivity index (χ3n) is 4.76. The Morgan fingerprint density at radius 2 is 2.08 bits per heavy atom. The van der Waals surface area contributed by atoms with E-state index in [0.717, 1.165) is 56.6 Å². The molecule has 1 aliphatic heterocycles. The van der Waals surface area contributed by atoms with Crippen LogP contribution in [0.5, 0.6) is 0 Å². The van der Waals surface area contributed by atoms with Crippen molar-refractivity contribution in [3.63, 3.8) is 0 Å². The highest BCUT2D eigenvalue weighted by Gasteiger charge is 2.21. The van der Waals surface area contributed by atoms with Gasteiger partial charge in [0.2, 0.25) is 5.91 Å². The lowest BCUT2D eigenvalue weighted by molar-refractivity contribution is -0.122. The first-order valence-corrected chi connectivity index (χ1v) is 9.35. The van der Waals surface area contributed by atoms with Crippen molar-refractivity contribution in [2.24, 2.45) is 0 Å². The number of likely N-dealkylation sites (tertiary alicyclic amines) is 1. The van der Waals surface area contributed by atoms with Crippen molar-refractivity contribution in [3.05, 3.63) is 65.7 Å². The highest BCUT2D eigenvalue weighted by atomic mass is 19.1. The summed E-state index contributed by atoms with van der Waals surface area (Å²) in [6.45, 7) is 2.76. The summed E-state index contributed by atoms with van der Waals surface area (Å²) >= 11 is 0. The maximum absolute atomic E-state index is 12.9. The van der Waals surface area contributed by atoms with Crippen molar-refractivity contribution in [1.29, 1.82) is 0 Å². The summed E-state index contributed by atoms with van der Waals surface area (Å²) in [6.07, 6.45) is 6.02. The van der Waals surface area contributed by atoms with Gasteiger partial charge in [0.05, 0.1) is 5.69 Å². The molecule has 1 amide bonds. The number of hydrogen-bond donors (Lipinski definition) is 1. The third-order valence-corrected chi connectivity index (χ3v) is 4.76. The average molecular weight is 355 g/mol. The van der Waals surface area contributed by atoms with Gasteiger partial charge in [0.15, 0.2) is 0 Å². The SMILES string of the molecule is O=C(CCCc1ccc(F)cc1)NC1CCCN(Cc2ccccn2)C1. The molecule has 4 nitrogen and oxygen atoms in total. The number of piperidine rings is 1. The minimum Gasteiger partial charge on any atom is -0.352 e. The van der Waals surface area contributed by atoms with E-state index >= 15 is 0 Å². The van der Waals surface area contributed by atoms with Crippen LogP contribution in [-0.4, -0.2) is 34.9 Å². The number of aryl methyl sites for hydroxylation is 1. The Hall–Kier alpha value is -2.27. The first kappa shape index (κ1) is 18.5. The number of aromatic nitrogens is 1. The summed E-state index contributed by atoms with van der Waals surface area (Å²) in [5, 5.41) is 3.17. The van der Waals surface area contributed by atoms with E-state index in [1.807, 2.05) is 24.4 Å². The fourth-order valence-electron chi connectivity index (χ4n) is 3.44. The second kappa shape index (κ2) is 9.43. The maximum atomic E-state index is 12.9. The van der Waals surface area contributed by atoms with Gasteiger partial charge in [0, 0.05) is 31.7 Å². The Kier molecular flexibility index (Phi) is 6.72. The normalized spacial score (nSPS) is 17.8. The summed E-state index contributed by atoms with van der Waals surface area (Å²) in [7, 11) is 0. The lowest BCUT2D eigenvalue weighted by Gasteiger charge is -2.32. The fraction of sp³-hybridized carbons (Fsp3) is 0.429. The van der Waals surface area contributed by atoms with Crippen LogP contribution in [0.2, 0.25) is 0 Å². The van der Waals surface area contributed by atoms with Crippen LogP contribution >= 0.6 is 0 Å². The predicted octanol–water partition coefficient (Wildman–Crippen LogP) is 3.32. The summed E-state index contributed by atoms with van der Waals surface area (Å²) < 4.78 is 12.9. The zero-order valence-corrected chi connectivity index (χ0v) is 15.0. The quantitative estimate of drug-likeness (QED) is 0.829. The molecule has 138 valence electrons. The Morgan fingerprint density at radius 1 is 1.23 bits per heavy atom. The molecule has 0 spiro atoms. The molecule has 1 atom stereocenters. The number of nitrogens with zero attached hydrogens (tertiary/aromatic N) is 2. The predicted molar refractivity (Wildman–Crippen MR) is 100 cm³/mol. The summed E-state index contributed by atoms with van der Waals surface area (Å²) in [5.74, 6) is -0.115. The maximum Gasteiger partial charge on any atom is 0.220 e. The number of halogens is 1. The van der Waals surface area contributed by atoms with Crippen LogP contribution in [0.4, 0.5) is 4.39 Å². The second-order valence-corrected chi connectivity index (χ2v) is 6.94. The van der Waals surface area contributed by atoms with Gasteiger partial charge in [-0.3, -0.25) is 14.7 Å². The molecule has 1 aromatic carbocycles. The molecule has 3 rings (SSSR count). The van der Waals surface area contributed by atoms with Gasteiger partial charge in [0.1, 0.15) is 5.82 Å². The van der Waals surface area contributed by atoms with Crippen LogP contribution in [0.3, 0.4) is 0 Å². The molecule has 1 fully saturated rings. The van der Waals surface area contributed by atoms with Crippen molar-refractivity contribution in [2.75, 3.05) is 13.1 Å². The Morgan fingerprint density at radius 3 is 2.85 bits per heavy atom. The molecule has 5 heteroatoms. The molecular formula is C21H26FN3O. The number of carbonyl (C=O) groups is 1. The molecular weight excluding hydrogens is 329 g/mol. The molecule has 1 N–H and O–H groups in total. The lowest BCUT2D eigenvalue weighted by atomic mass is 10.0. The van der Waals surface area contributed by atoms with Crippen LogP contribution in [-0.2, 0) is 17.8 Å². The molecule has 1 aromatic heterocycles. The average Bonchev–Trinajstić information content (AvgIpc) is 2.64. The van der Waals surface area contributed by atoms with Crippen LogP contribution in [0.25, 0.3) is 0 Å². The third kappa shape index (κ3) is 5.92. The van der Waals surface area contributed by atoms with Gasteiger partial charge in [-0.25, -0.2) is 4.39 Å². The van der Waals surface area contributed by atoms with Crippen LogP contribution in [0.15, 0.2) is 48.7 Å². The van der Waals surface area contributed by atoms with Gasteiger partial charge >= 0.3 is 0 Å². The van der Waals surface area contributed by atoms with Gasteiger partial charge in [-0.2, -0.15) is 0 Å². The van der Waals surface area contributed by atoms with E-state index in [9.17, 15) is 9.18 Å². The minimum atomic E-state index is -0.223. The Bertz CT molecular complexity index is 690. The van der Waals surface area contributed by atoms with Crippen LogP contribution < -0.4 is 5.32 Å². The molecule has 0 saturated carbocycles. The number of pyridine rings is 1. The molecule has 0 radical (unpaired) electrons. The van der Waals surface area contributed by atoms with Crippen molar-refractivity contribution < 1.29 is 9.18 Å². The Labute approximate surface area is 154 Å². The van der Waals surface area contributed by atoms with E-state index in [1.165, 1.54) is 12.1 Å². The molecule has 0 bridgehead atoms. The number of benzene rings is 1. The fourth-order valence-corrected chi connectivity index (χ4v) is 3.44. The van der Waals surface area contributed by atoms with E-state index < -0.39 is 0 Å². The summed E-state index contributed by atoms with van der Waals surface area (Å²) in [6, 6.07) is 12.7. The van der Waals surface area contributed by atoms with Crippen LogP contribution in [0, 0.1) is 5.82 Å². The topological polar surface area (TPSA) is 45.2 Å². The molecule has 1 aliphatic rings. The number of carbonyl (C=O) groups excluding carboxylic acids is 1. The summed E-state index contributed by atoms with van der Waals surface area (Å²) in [5.41, 5.74) is 2.14. The van der Waals surface area contributed by atoms with Crippen LogP contribution in [0.1, 0.15) is 36.9 Å². The van der Waals surface area contributed by atoms with Gasteiger partial charge in [-0.05, 0) is 62.1 Å². The molecule has 2 heterocycles. The largest absolute Gasteiger partial charge is 0.352 e. The first-order chi connectivity index (χ1) is 12.7. The lowest BCUT2D eigenvalue weighted by Crippen LogP contribution is -2.47. The molecule has 2 aromatic rings. The number of amides is 1. The van der Waals surface area contributed by atoms with E-state index in [2.05, 4.69) is 15.2 Å². The van der Waals surface area contributed by atoms with Gasteiger partial charge < -0.3 is 5.32 Å². The number of nitrogens with one attached hydrogen (secondary N) is 1. The minimum absolute atomic E-state index is 0.108. The molecule has 0 aliphatic carbocycles. The second-order valence-electron chi connectivity index (χ2n) is 6.94. The summed E-state index contributed by atoms with van der Waals surface area (Å²) in [4.78, 5) is 19.0. The zero-order chi connectivity index (χ0) is 18.2. The van der Waals surface area contributed by atoms with Gasteiger partial charge in [0.25, 0.3) is 0 Å². The molecule has 1 saturated heterocycles. The van der Waals surface area contributed by atoms with Crippen molar-refractivity contribution in [3.8, 4) is 0 Å². The van der Waals surface area contributed by atoms with Crippen molar-refractivity contribution in [1.82, 2.24) is 15.2 Å². The monoisotopic (exact) mass is 355 g/mol. The highest BCUT2D eigenvalue weighted by molar-refractivity contribution is 5.76. The van der Waals surface area contributed by atoms with E-state index in [4.69, 9.17) is 0 Å². The number of hydrogen-bond acceptors (Lipinski definition) is 3. The Balaban J connectivity index is 1.38. The zero-order valence-electron chi connectivity index (χ0n) is 15.0. The first-order valence-electron chi connectivity index (χ1n) is 9.35. The van der Waals surface area contributed by atoms with E-state index in [1.54, 1.807) is 12.1 Å². The van der Waals surface area contributed by atoms with Gasteiger partial charge in [-0.1, -0.05) is 18.2 Å². The standard InChI is InChI=1S/C21H26FN3O/c22-18-11-9-17(10-12-18)5-3-8-21(26)24-20-7-4-14-25(16-20)15-19-6-1-2-13-23-19/h1-2,6,9-13,20H,3-5,7-8,14-16H2,(H,24,26). The van der Waals surface area contributed by atoms with Crippen molar-refractivity contribution >= 4 is 5.91 Å². The molecule has 26 heavy (non-hydrogen) atoms. The van der Waals surface area contributed by atoms with Crippen molar-refractivity contribution in [2.45, 2.75) is 44.7 Å². The molecule has 1 unspecified atom stereocenters. The highest BCUT2D eigenvalue weighted by Crippen LogP contribution is 2.13. The smallest absolute Gasteiger partial charge is 0.220 e. The number of rotatable bonds is 7. The van der Waals surface area contributed by atoms with Gasteiger partial charge in [-0.15, -0.1) is 0 Å². The van der Waals surface area contributed by atoms with E-state index in [0.29, 0.717) is 6.42 Å².